The summed E-state index contributed by atoms with van der Waals surface area (Å²) in [4.78, 5) is 51.5. The van der Waals surface area contributed by atoms with Gasteiger partial charge >= 0.3 is 11.9 Å². The van der Waals surface area contributed by atoms with E-state index in [1.165, 1.54) is 41.5 Å². The Kier molecular flexibility index (Phi) is 7.69. The molecule has 4 aromatic carbocycles. The van der Waals surface area contributed by atoms with Crippen molar-refractivity contribution >= 4 is 40.1 Å². The Bertz CT molecular complexity index is 1790. The van der Waals surface area contributed by atoms with Gasteiger partial charge in [0.1, 0.15) is 17.2 Å². The van der Waals surface area contributed by atoms with Gasteiger partial charge in [-0.2, -0.15) is 0 Å². The third kappa shape index (κ3) is 6.15. The maximum atomic E-state index is 12.7. The van der Waals surface area contributed by atoms with Crippen LogP contribution in [0.5, 0.6) is 17.2 Å². The van der Waals surface area contributed by atoms with E-state index in [0.29, 0.717) is 11.4 Å². The number of nitrogens with zero attached hydrogens (tertiary/aromatic N) is 1. The van der Waals surface area contributed by atoms with Gasteiger partial charge in [-0.3, -0.25) is 14.4 Å². The van der Waals surface area contributed by atoms with Gasteiger partial charge in [0.2, 0.25) is 11.7 Å². The van der Waals surface area contributed by atoms with E-state index < -0.39 is 30.2 Å². The number of ketones is 1. The van der Waals surface area contributed by atoms with E-state index >= 15 is 0 Å². The van der Waals surface area contributed by atoms with Crippen molar-refractivity contribution in [1.29, 1.82) is 0 Å². The molecule has 1 aromatic heterocycles. The summed E-state index contributed by atoms with van der Waals surface area (Å²) in [6, 6.07) is 29.8. The van der Waals surface area contributed by atoms with Gasteiger partial charge in [-0.05, 0) is 72.1 Å². The van der Waals surface area contributed by atoms with Gasteiger partial charge in [-0.25, -0.2) is 4.79 Å². The Morgan fingerprint density at radius 1 is 0.814 bits per heavy atom. The number of carbonyl (C=O) groups is 4. The molecule has 1 atom stereocenters. The molecule has 214 valence electrons. The number of ether oxygens (including phenoxy) is 3. The first-order valence-corrected chi connectivity index (χ1v) is 13.6. The maximum absolute atomic E-state index is 12.7. The van der Waals surface area contributed by atoms with E-state index in [4.69, 9.17) is 18.6 Å². The van der Waals surface area contributed by atoms with Crippen molar-refractivity contribution in [2.45, 2.75) is 6.42 Å². The summed E-state index contributed by atoms with van der Waals surface area (Å²) >= 11 is 0. The molecule has 0 spiro atoms. The first kappa shape index (κ1) is 27.5. The molecule has 0 bridgehead atoms. The van der Waals surface area contributed by atoms with E-state index in [-0.39, 0.29) is 35.9 Å². The van der Waals surface area contributed by atoms with E-state index in [1.54, 1.807) is 30.3 Å². The molecule has 5 aromatic rings. The summed E-state index contributed by atoms with van der Waals surface area (Å²) in [6.07, 6.45) is 1.34. The van der Waals surface area contributed by atoms with Crippen molar-refractivity contribution < 1.29 is 37.8 Å². The lowest BCUT2D eigenvalue weighted by Gasteiger charge is -2.17. The van der Waals surface area contributed by atoms with Gasteiger partial charge in [0.25, 0.3) is 0 Å². The van der Waals surface area contributed by atoms with Gasteiger partial charge in [0.15, 0.2) is 12.4 Å². The predicted molar refractivity (Wildman–Crippen MR) is 156 cm³/mol. The number of amides is 1. The summed E-state index contributed by atoms with van der Waals surface area (Å²) in [5.74, 6) is -1.000. The van der Waals surface area contributed by atoms with Crippen LogP contribution in [0.15, 0.2) is 114 Å². The molecule has 0 saturated carbocycles. The van der Waals surface area contributed by atoms with Crippen LogP contribution in [0, 0.1) is 5.92 Å². The van der Waals surface area contributed by atoms with Crippen LogP contribution in [-0.2, 0) is 14.3 Å². The van der Waals surface area contributed by atoms with Gasteiger partial charge in [0, 0.05) is 29.6 Å². The second-order valence-electron chi connectivity index (χ2n) is 9.90. The number of hydrogen-bond acceptors (Lipinski definition) is 8. The van der Waals surface area contributed by atoms with Crippen molar-refractivity contribution in [3.05, 3.63) is 121 Å². The fraction of sp³-hybridized carbons (Fsp3) is 0.118. The number of Topliss-reactive ketones (excluding diaryl/α,β-unsaturated/α-hetero) is 1. The number of fused-ring (bicyclic) bond motifs is 1. The molecule has 0 radical (unpaired) electrons. The zero-order chi connectivity index (χ0) is 29.8. The fourth-order valence-corrected chi connectivity index (χ4v) is 4.82. The van der Waals surface area contributed by atoms with Crippen molar-refractivity contribution in [1.82, 2.24) is 0 Å². The lowest BCUT2D eigenvalue weighted by molar-refractivity contribution is -0.147. The Morgan fingerprint density at radius 2 is 1.56 bits per heavy atom. The van der Waals surface area contributed by atoms with Crippen LogP contribution in [-0.4, -0.2) is 36.8 Å². The molecule has 0 unspecified atom stereocenters. The molecule has 9 nitrogen and oxygen atoms in total. The third-order valence-corrected chi connectivity index (χ3v) is 7.04. The molecule has 43 heavy (non-hydrogen) atoms. The molecular weight excluding hydrogens is 550 g/mol. The monoisotopic (exact) mass is 575 g/mol. The van der Waals surface area contributed by atoms with Crippen molar-refractivity contribution in [2.75, 3.05) is 18.1 Å². The normalized spacial score (nSPS) is 14.5. The molecule has 1 aliphatic rings. The Hall–Kier alpha value is -5.70. The van der Waals surface area contributed by atoms with E-state index in [0.717, 1.165) is 16.5 Å². The minimum absolute atomic E-state index is 0.0169. The lowest BCUT2D eigenvalue weighted by Crippen LogP contribution is -2.27. The Morgan fingerprint density at radius 3 is 2.33 bits per heavy atom. The average molecular weight is 576 g/mol. The molecule has 1 amide bonds. The number of esters is 2. The molecule has 2 heterocycles. The lowest BCUT2D eigenvalue weighted by atomic mass is 10.1. The number of carbonyl (C=O) groups excluding carboxylic acids is 4. The molecule has 0 aliphatic carbocycles. The Balaban J connectivity index is 1.01. The quantitative estimate of drug-likeness (QED) is 0.116. The predicted octanol–water partition coefficient (Wildman–Crippen LogP) is 6.22. The molecule has 1 saturated heterocycles. The second kappa shape index (κ2) is 12.0. The maximum Gasteiger partial charge on any atom is 0.379 e. The third-order valence-electron chi connectivity index (χ3n) is 7.04. The zero-order valence-corrected chi connectivity index (χ0v) is 22.8. The van der Waals surface area contributed by atoms with Crippen molar-refractivity contribution in [3.8, 4) is 17.2 Å². The van der Waals surface area contributed by atoms with Crippen LogP contribution in [0.1, 0.15) is 27.3 Å². The van der Waals surface area contributed by atoms with Crippen molar-refractivity contribution in [2.24, 2.45) is 5.92 Å². The summed E-state index contributed by atoms with van der Waals surface area (Å²) in [7, 11) is 0. The topological polar surface area (TPSA) is 112 Å². The largest absolute Gasteiger partial charge is 0.457 e. The van der Waals surface area contributed by atoms with Crippen LogP contribution >= 0.6 is 0 Å². The summed E-state index contributed by atoms with van der Waals surface area (Å²) in [5, 5.41) is 2.06. The van der Waals surface area contributed by atoms with Crippen LogP contribution in [0.25, 0.3) is 10.8 Å². The van der Waals surface area contributed by atoms with Gasteiger partial charge in [0.05, 0.1) is 12.2 Å². The molecule has 1 aliphatic heterocycles. The minimum atomic E-state index is -0.699. The number of benzene rings is 4. The van der Waals surface area contributed by atoms with Crippen molar-refractivity contribution in [3.63, 3.8) is 0 Å². The first-order chi connectivity index (χ1) is 20.9. The highest BCUT2D eigenvalue weighted by atomic mass is 16.5. The molecule has 1 fully saturated rings. The minimum Gasteiger partial charge on any atom is -0.457 e. The summed E-state index contributed by atoms with van der Waals surface area (Å²) in [6.45, 7) is -0.333. The van der Waals surface area contributed by atoms with Gasteiger partial charge in [-0.15, -0.1) is 0 Å². The second-order valence-corrected chi connectivity index (χ2v) is 9.90. The number of anilines is 1. The molecular formula is C34H25NO8. The molecule has 9 heteroatoms. The highest BCUT2D eigenvalue weighted by Gasteiger charge is 2.36. The summed E-state index contributed by atoms with van der Waals surface area (Å²) < 4.78 is 21.5. The average Bonchev–Trinajstić information content (AvgIpc) is 3.71. The SMILES string of the molecule is O=C(COC(=O)[C@@H]1CC(=O)N(c2ccc(Oc3cccc4ccccc34)cc2)C1)c1ccc(OC(=O)c2ccco2)cc1. The van der Waals surface area contributed by atoms with Crippen LogP contribution in [0.3, 0.4) is 0 Å². The number of rotatable bonds is 9. The highest BCUT2D eigenvalue weighted by Crippen LogP contribution is 2.32. The zero-order valence-electron chi connectivity index (χ0n) is 22.8. The first-order valence-electron chi connectivity index (χ1n) is 13.6. The Labute approximate surface area is 246 Å². The van der Waals surface area contributed by atoms with E-state index in [1.807, 2.05) is 42.5 Å². The molecule has 0 N–H and O–H groups in total. The fourth-order valence-electron chi connectivity index (χ4n) is 4.82. The number of furan rings is 1. The summed E-state index contributed by atoms with van der Waals surface area (Å²) in [5.41, 5.74) is 0.912. The van der Waals surface area contributed by atoms with Crippen LogP contribution in [0.2, 0.25) is 0 Å². The number of hydrogen-bond donors (Lipinski definition) is 0. The van der Waals surface area contributed by atoms with E-state index in [9.17, 15) is 19.2 Å². The van der Waals surface area contributed by atoms with Crippen LogP contribution in [0.4, 0.5) is 5.69 Å². The van der Waals surface area contributed by atoms with Gasteiger partial charge < -0.3 is 23.5 Å². The highest BCUT2D eigenvalue weighted by molar-refractivity contribution is 6.01. The smallest absolute Gasteiger partial charge is 0.379 e. The standard InChI is InChI=1S/C34H25NO8/c36-29(23-10-14-27(15-11-23)43-34(39)31-9-4-18-40-31)21-41-33(38)24-19-32(37)35(20-24)25-12-16-26(17-13-25)42-30-8-3-6-22-5-1-2-7-28(22)30/h1-18,24H,19-21H2/t24-/m1/s1. The molecule has 6 rings (SSSR count). The van der Waals surface area contributed by atoms with Gasteiger partial charge in [-0.1, -0.05) is 36.4 Å². The van der Waals surface area contributed by atoms with E-state index in [2.05, 4.69) is 0 Å². The van der Waals surface area contributed by atoms with Crippen LogP contribution < -0.4 is 14.4 Å².